The van der Waals surface area contributed by atoms with E-state index in [0.29, 0.717) is 17.4 Å². The maximum atomic E-state index is 12.7. The quantitative estimate of drug-likeness (QED) is 0.817. The summed E-state index contributed by atoms with van der Waals surface area (Å²) in [4.78, 5) is 0. The van der Waals surface area contributed by atoms with Gasteiger partial charge >= 0.3 is 6.18 Å². The summed E-state index contributed by atoms with van der Waals surface area (Å²) in [6.45, 7) is 0. The second-order valence-corrected chi connectivity index (χ2v) is 7.06. The lowest BCUT2D eigenvalue weighted by molar-refractivity contribution is -0.137. The molecule has 4 rings (SSSR count). The molecule has 0 heterocycles. The third-order valence-electron chi connectivity index (χ3n) is 6.20. The van der Waals surface area contributed by atoms with Crippen LogP contribution in [0.5, 0.6) is 0 Å². The van der Waals surface area contributed by atoms with Crippen molar-refractivity contribution in [2.45, 2.75) is 43.9 Å². The summed E-state index contributed by atoms with van der Waals surface area (Å²) in [5, 5.41) is 11.1. The van der Waals surface area contributed by atoms with E-state index < -0.39 is 17.3 Å². The topological polar surface area (TPSA) is 20.2 Å². The summed E-state index contributed by atoms with van der Waals surface area (Å²) in [5.74, 6) is 2.14. The van der Waals surface area contributed by atoms with Crippen molar-refractivity contribution in [3.63, 3.8) is 0 Å². The fourth-order valence-corrected chi connectivity index (χ4v) is 5.39. The molecule has 0 aliphatic heterocycles. The Hall–Kier alpha value is -1.03. The smallest absolute Gasteiger partial charge is 0.385 e. The minimum absolute atomic E-state index is 0.242. The number of halogens is 3. The second-order valence-electron chi connectivity index (χ2n) is 7.06. The van der Waals surface area contributed by atoms with E-state index in [9.17, 15) is 18.3 Å². The highest BCUT2D eigenvalue weighted by Crippen LogP contribution is 2.65. The van der Waals surface area contributed by atoms with Gasteiger partial charge in [0.05, 0.1) is 11.2 Å². The van der Waals surface area contributed by atoms with Crippen LogP contribution in [0, 0.1) is 23.7 Å². The fourth-order valence-electron chi connectivity index (χ4n) is 5.39. The minimum Gasteiger partial charge on any atom is -0.385 e. The number of hydrogen-bond donors (Lipinski definition) is 1. The Labute approximate surface area is 122 Å². The van der Waals surface area contributed by atoms with Crippen molar-refractivity contribution in [3.8, 4) is 0 Å². The van der Waals surface area contributed by atoms with Crippen LogP contribution in [0.2, 0.25) is 0 Å². The van der Waals surface area contributed by atoms with Crippen LogP contribution in [0.15, 0.2) is 24.3 Å². The number of benzene rings is 1. The molecule has 3 aliphatic rings. The Morgan fingerprint density at radius 2 is 1.71 bits per heavy atom. The lowest BCUT2D eigenvalue weighted by Gasteiger charge is -2.39. The molecule has 0 aromatic heterocycles. The first-order valence-corrected chi connectivity index (χ1v) is 7.80. The zero-order chi connectivity index (χ0) is 14.8. The van der Waals surface area contributed by atoms with Crippen molar-refractivity contribution in [2.75, 3.05) is 0 Å². The molecule has 3 aliphatic carbocycles. The SMILES string of the molecule is OC1(c2ccc(C(F)(F)F)cc2)CC2CC1C1CCCC21. The van der Waals surface area contributed by atoms with E-state index in [1.807, 2.05) is 0 Å². The first kappa shape index (κ1) is 13.6. The van der Waals surface area contributed by atoms with Crippen molar-refractivity contribution in [1.82, 2.24) is 0 Å². The first-order valence-electron chi connectivity index (χ1n) is 7.80. The molecule has 3 fully saturated rings. The molecule has 4 heteroatoms. The monoisotopic (exact) mass is 296 g/mol. The van der Waals surface area contributed by atoms with Crippen molar-refractivity contribution in [1.29, 1.82) is 0 Å². The van der Waals surface area contributed by atoms with Gasteiger partial charge in [0, 0.05) is 0 Å². The summed E-state index contributed by atoms with van der Waals surface area (Å²) in [7, 11) is 0. The molecule has 0 radical (unpaired) electrons. The predicted molar refractivity (Wildman–Crippen MR) is 72.4 cm³/mol. The fraction of sp³-hybridized carbons (Fsp3) is 0.647. The zero-order valence-electron chi connectivity index (χ0n) is 11.7. The van der Waals surface area contributed by atoms with Gasteiger partial charge in [-0.3, -0.25) is 0 Å². The van der Waals surface area contributed by atoms with Crippen molar-refractivity contribution in [3.05, 3.63) is 35.4 Å². The average molecular weight is 296 g/mol. The Kier molecular flexibility index (Phi) is 2.76. The highest BCUT2D eigenvalue weighted by atomic mass is 19.4. The lowest BCUT2D eigenvalue weighted by Crippen LogP contribution is -2.38. The molecule has 1 aromatic rings. The molecule has 5 unspecified atom stereocenters. The maximum absolute atomic E-state index is 12.7. The highest BCUT2D eigenvalue weighted by Gasteiger charge is 2.60. The summed E-state index contributed by atoms with van der Waals surface area (Å²) in [6.07, 6.45) is 1.15. The number of fused-ring (bicyclic) bond motifs is 5. The molecule has 5 atom stereocenters. The van der Waals surface area contributed by atoms with E-state index in [-0.39, 0.29) is 5.92 Å². The second kappa shape index (κ2) is 4.25. The Bertz CT molecular complexity index is 550. The highest BCUT2D eigenvalue weighted by molar-refractivity contribution is 5.32. The van der Waals surface area contributed by atoms with Gasteiger partial charge in [-0.1, -0.05) is 18.6 Å². The third kappa shape index (κ3) is 1.88. The van der Waals surface area contributed by atoms with Gasteiger partial charge in [0.2, 0.25) is 0 Å². The number of aliphatic hydroxyl groups is 1. The molecule has 21 heavy (non-hydrogen) atoms. The van der Waals surface area contributed by atoms with E-state index in [0.717, 1.165) is 30.9 Å². The van der Waals surface area contributed by atoms with E-state index in [4.69, 9.17) is 0 Å². The van der Waals surface area contributed by atoms with Crippen LogP contribution in [-0.4, -0.2) is 5.11 Å². The van der Waals surface area contributed by atoms with E-state index in [1.54, 1.807) is 0 Å². The minimum atomic E-state index is -4.31. The van der Waals surface area contributed by atoms with Gasteiger partial charge in [0.15, 0.2) is 0 Å². The van der Waals surface area contributed by atoms with Crippen LogP contribution in [-0.2, 0) is 11.8 Å². The molecular weight excluding hydrogens is 277 g/mol. The maximum Gasteiger partial charge on any atom is 0.416 e. The lowest BCUT2D eigenvalue weighted by atomic mass is 9.70. The molecule has 114 valence electrons. The van der Waals surface area contributed by atoms with Crippen LogP contribution in [0.3, 0.4) is 0 Å². The van der Waals surface area contributed by atoms with Crippen LogP contribution in [0.25, 0.3) is 0 Å². The normalized spacial score (nSPS) is 41.5. The molecule has 0 spiro atoms. The summed E-state index contributed by atoms with van der Waals surface area (Å²) < 4.78 is 38.0. The summed E-state index contributed by atoms with van der Waals surface area (Å²) >= 11 is 0. The third-order valence-corrected chi connectivity index (χ3v) is 6.20. The van der Waals surface area contributed by atoms with Crippen LogP contribution in [0.1, 0.15) is 43.2 Å². The van der Waals surface area contributed by atoms with Gasteiger partial charge in [-0.15, -0.1) is 0 Å². The van der Waals surface area contributed by atoms with Gasteiger partial charge in [0.1, 0.15) is 0 Å². The Morgan fingerprint density at radius 3 is 2.38 bits per heavy atom. The molecule has 1 nitrogen and oxygen atoms in total. The van der Waals surface area contributed by atoms with Crippen LogP contribution >= 0.6 is 0 Å². The number of hydrogen-bond acceptors (Lipinski definition) is 1. The van der Waals surface area contributed by atoms with E-state index in [2.05, 4.69) is 0 Å². The molecular formula is C17H19F3O. The van der Waals surface area contributed by atoms with E-state index >= 15 is 0 Å². The Morgan fingerprint density at radius 1 is 1.05 bits per heavy atom. The van der Waals surface area contributed by atoms with Crippen molar-refractivity contribution in [2.24, 2.45) is 23.7 Å². The Balaban J connectivity index is 1.65. The summed E-state index contributed by atoms with van der Waals surface area (Å²) in [5.41, 5.74) is -0.870. The first-order chi connectivity index (χ1) is 9.89. The van der Waals surface area contributed by atoms with Gasteiger partial charge in [0.25, 0.3) is 0 Å². The molecule has 1 N–H and O–H groups in total. The van der Waals surface area contributed by atoms with Crippen molar-refractivity contribution >= 4 is 0 Å². The molecule has 2 bridgehead atoms. The van der Waals surface area contributed by atoms with Gasteiger partial charge in [-0.25, -0.2) is 0 Å². The standard InChI is InChI=1S/C17H19F3O/c18-17(19,20)12-6-4-11(5-7-12)16(21)9-10-8-15(16)14-3-1-2-13(10)14/h4-7,10,13-15,21H,1-3,8-9H2. The van der Waals surface area contributed by atoms with Gasteiger partial charge in [-0.05, 0) is 67.1 Å². The molecule has 0 amide bonds. The van der Waals surface area contributed by atoms with Crippen molar-refractivity contribution < 1.29 is 18.3 Å². The van der Waals surface area contributed by atoms with Crippen LogP contribution in [0.4, 0.5) is 13.2 Å². The molecule has 3 saturated carbocycles. The largest absolute Gasteiger partial charge is 0.416 e. The summed E-state index contributed by atoms with van der Waals surface area (Å²) in [6, 6.07) is 5.16. The average Bonchev–Trinajstić information content (AvgIpc) is 3.09. The predicted octanol–water partition coefficient (Wildman–Crippen LogP) is 4.35. The van der Waals surface area contributed by atoms with Crippen LogP contribution < -0.4 is 0 Å². The zero-order valence-corrected chi connectivity index (χ0v) is 11.7. The van der Waals surface area contributed by atoms with E-state index in [1.165, 1.54) is 31.4 Å². The van der Waals surface area contributed by atoms with Gasteiger partial charge in [-0.2, -0.15) is 13.2 Å². The number of alkyl halides is 3. The number of rotatable bonds is 1. The van der Waals surface area contributed by atoms with Gasteiger partial charge < -0.3 is 5.11 Å². The molecule has 1 aromatic carbocycles. The molecule has 0 saturated heterocycles.